The molecule has 0 aliphatic carbocycles. The Bertz CT molecular complexity index is 687. The van der Waals surface area contributed by atoms with Crippen LogP contribution in [0.15, 0.2) is 48.6 Å². The van der Waals surface area contributed by atoms with Crippen LogP contribution in [0.3, 0.4) is 0 Å². The van der Waals surface area contributed by atoms with E-state index in [1.165, 1.54) is 141 Å². The molecule has 268 valence electrons. The lowest BCUT2D eigenvalue weighted by molar-refractivity contribution is -0.150. The van der Waals surface area contributed by atoms with E-state index < -0.39 is 0 Å². The number of allylic oxidation sites excluding steroid dienone is 8. The summed E-state index contributed by atoms with van der Waals surface area (Å²) in [6, 6.07) is 0. The molecule has 0 saturated carbocycles. The van der Waals surface area contributed by atoms with Gasteiger partial charge in [-0.25, -0.2) is 0 Å². The van der Waals surface area contributed by atoms with Gasteiger partial charge in [0.2, 0.25) is 0 Å². The number of rotatable bonds is 35. The molecule has 0 aromatic heterocycles. The highest BCUT2D eigenvalue weighted by Crippen LogP contribution is 2.18. The minimum atomic E-state index is 0.00641. The van der Waals surface area contributed by atoms with E-state index in [4.69, 9.17) is 4.74 Å². The SMILES string of the molecule is CCCCC/C=C\C/C=C\CCCCCCC[13CH2][13CH]([13CH2]CCCCCCC/C=C\C/C=C\CCCCC)OC(=O)CCCN(C)C. The van der Waals surface area contributed by atoms with Crippen molar-refractivity contribution in [1.82, 2.24) is 4.90 Å². The zero-order chi connectivity index (χ0) is 33.6. The van der Waals surface area contributed by atoms with Gasteiger partial charge in [0, 0.05) is 6.42 Å². The normalized spacial score (nSPS) is 12.4. The molecular formula is C43H79NO2. The van der Waals surface area contributed by atoms with Crippen molar-refractivity contribution in [2.75, 3.05) is 20.6 Å². The van der Waals surface area contributed by atoms with Crippen LogP contribution in [0.5, 0.6) is 0 Å². The molecule has 0 heterocycles. The lowest BCUT2D eigenvalue weighted by Crippen LogP contribution is -2.20. The van der Waals surface area contributed by atoms with Gasteiger partial charge in [-0.3, -0.25) is 4.79 Å². The molecule has 0 aliphatic rings. The Labute approximate surface area is 288 Å². The molecule has 0 bridgehead atoms. The Balaban J connectivity index is 4.01. The number of esters is 1. The maximum absolute atomic E-state index is 12.5. The van der Waals surface area contributed by atoms with Crippen LogP contribution in [0.25, 0.3) is 0 Å². The van der Waals surface area contributed by atoms with Gasteiger partial charge in [0.15, 0.2) is 0 Å². The summed E-state index contributed by atoms with van der Waals surface area (Å²) in [5, 5.41) is 0. The number of carbonyl (C=O) groups excluding carboxylic acids is 1. The van der Waals surface area contributed by atoms with Gasteiger partial charge in [0.05, 0.1) is 0 Å². The van der Waals surface area contributed by atoms with Crippen molar-refractivity contribution in [3.8, 4) is 0 Å². The highest BCUT2D eigenvalue weighted by molar-refractivity contribution is 5.69. The molecule has 0 unspecified atom stereocenters. The van der Waals surface area contributed by atoms with Gasteiger partial charge < -0.3 is 9.64 Å². The first kappa shape index (κ1) is 44.4. The molecule has 0 aromatic carbocycles. The van der Waals surface area contributed by atoms with Crippen LogP contribution in [-0.2, 0) is 9.53 Å². The van der Waals surface area contributed by atoms with Gasteiger partial charge in [-0.2, -0.15) is 0 Å². The molecule has 0 saturated heterocycles. The third-order valence-electron chi connectivity index (χ3n) is 8.74. The summed E-state index contributed by atoms with van der Waals surface area (Å²) in [7, 11) is 4.12. The summed E-state index contributed by atoms with van der Waals surface area (Å²) >= 11 is 0. The van der Waals surface area contributed by atoms with Gasteiger partial charge in [0.1, 0.15) is 6.10 Å². The van der Waals surface area contributed by atoms with Crippen molar-refractivity contribution in [2.24, 2.45) is 0 Å². The van der Waals surface area contributed by atoms with E-state index in [1.54, 1.807) is 0 Å². The molecule has 0 atom stereocenters. The quantitative estimate of drug-likeness (QED) is 0.0297. The largest absolute Gasteiger partial charge is 0.462 e. The Morgan fingerprint density at radius 3 is 1.26 bits per heavy atom. The molecule has 0 radical (unpaired) electrons. The van der Waals surface area contributed by atoms with Gasteiger partial charge in [-0.15, -0.1) is 0 Å². The maximum atomic E-state index is 12.5. The number of carbonyl (C=O) groups is 1. The standard InChI is InChI=1S/C43H79NO2/c1-5-7-9-11-13-15-17-19-21-23-25-27-29-31-33-35-38-42(46-43(45)40-37-41-44(3)4)39-36-34-32-30-28-26-24-22-20-18-16-14-12-10-8-6-2/h13-16,19-22,42H,5-12,17-18,23-41H2,1-4H3/b15-13-,16-14-,21-19-,22-20-/i38+1,39+1,42+1. The zero-order valence-electron chi connectivity index (χ0n) is 31.5. The minimum absolute atomic E-state index is 0.00641. The van der Waals surface area contributed by atoms with Gasteiger partial charge >= 0.3 is 5.97 Å². The molecule has 0 fully saturated rings. The molecule has 0 aliphatic heterocycles. The Hall–Kier alpha value is -1.61. The fourth-order valence-electron chi connectivity index (χ4n) is 5.77. The molecule has 0 spiro atoms. The van der Waals surface area contributed by atoms with Gasteiger partial charge in [-0.05, 0) is 117 Å². The van der Waals surface area contributed by atoms with Gasteiger partial charge in [-0.1, -0.05) is 140 Å². The van der Waals surface area contributed by atoms with Crippen LogP contribution < -0.4 is 0 Å². The smallest absolute Gasteiger partial charge is 0.306 e. The van der Waals surface area contributed by atoms with E-state index in [-0.39, 0.29) is 12.1 Å². The fourth-order valence-corrected chi connectivity index (χ4v) is 5.77. The van der Waals surface area contributed by atoms with E-state index in [0.29, 0.717) is 6.42 Å². The molecule has 3 nitrogen and oxygen atoms in total. The summed E-state index contributed by atoms with van der Waals surface area (Å²) in [5.74, 6) is 0.00641. The first-order valence-electron chi connectivity index (χ1n) is 20.0. The van der Waals surface area contributed by atoms with Crippen molar-refractivity contribution in [1.29, 1.82) is 0 Å². The van der Waals surface area contributed by atoms with E-state index in [0.717, 1.165) is 38.6 Å². The number of nitrogens with zero attached hydrogens (tertiary/aromatic N) is 1. The number of unbranched alkanes of at least 4 members (excludes halogenated alkanes) is 18. The summed E-state index contributed by atoms with van der Waals surface area (Å²) in [6.45, 7) is 5.46. The number of hydrogen-bond donors (Lipinski definition) is 0. The van der Waals surface area contributed by atoms with Crippen molar-refractivity contribution >= 4 is 5.97 Å². The Morgan fingerprint density at radius 1 is 0.500 bits per heavy atom. The molecule has 0 N–H and O–H groups in total. The first-order chi connectivity index (χ1) is 22.6. The van der Waals surface area contributed by atoms with Gasteiger partial charge in [0.25, 0.3) is 0 Å². The molecule has 46 heavy (non-hydrogen) atoms. The third-order valence-corrected chi connectivity index (χ3v) is 8.74. The summed E-state index contributed by atoms with van der Waals surface area (Å²) in [5.41, 5.74) is 0. The van der Waals surface area contributed by atoms with E-state index in [2.05, 4.69) is 81.5 Å². The van der Waals surface area contributed by atoms with E-state index in [9.17, 15) is 4.79 Å². The van der Waals surface area contributed by atoms with Crippen LogP contribution in [0, 0.1) is 0 Å². The second kappa shape index (κ2) is 37.8. The Morgan fingerprint density at radius 2 is 0.870 bits per heavy atom. The van der Waals surface area contributed by atoms with Crippen LogP contribution in [0.2, 0.25) is 0 Å². The molecule has 3 heteroatoms. The molecule has 0 amide bonds. The number of ether oxygens (including phenoxy) is 1. The highest BCUT2D eigenvalue weighted by Gasteiger charge is 2.14. The molecule has 0 aromatic rings. The van der Waals surface area contributed by atoms with E-state index >= 15 is 0 Å². The topological polar surface area (TPSA) is 29.5 Å². The lowest BCUT2D eigenvalue weighted by atomic mass is 10.1. The third kappa shape index (κ3) is 36.9. The average molecular weight is 645 g/mol. The van der Waals surface area contributed by atoms with Crippen LogP contribution in [-0.4, -0.2) is 37.6 Å². The minimum Gasteiger partial charge on any atom is -0.462 e. The highest BCUT2D eigenvalue weighted by atomic mass is 16.6. The van der Waals surface area contributed by atoms with E-state index in [1.807, 2.05) is 0 Å². The molecular weight excluding hydrogens is 565 g/mol. The second-order valence-corrected chi connectivity index (χ2v) is 13.8. The van der Waals surface area contributed by atoms with Crippen molar-refractivity contribution < 1.29 is 9.53 Å². The van der Waals surface area contributed by atoms with Crippen LogP contribution in [0.4, 0.5) is 0 Å². The number of hydrogen-bond acceptors (Lipinski definition) is 3. The van der Waals surface area contributed by atoms with Crippen molar-refractivity contribution in [3.63, 3.8) is 0 Å². The zero-order valence-corrected chi connectivity index (χ0v) is 31.5. The predicted octanol–water partition coefficient (Wildman–Crippen LogP) is 13.6. The second-order valence-electron chi connectivity index (χ2n) is 13.8. The van der Waals surface area contributed by atoms with Crippen molar-refractivity contribution in [2.45, 2.75) is 200 Å². The van der Waals surface area contributed by atoms with Crippen LogP contribution in [0.1, 0.15) is 194 Å². The summed E-state index contributed by atoms with van der Waals surface area (Å²) in [4.78, 5) is 14.7. The monoisotopic (exact) mass is 645 g/mol. The first-order valence-corrected chi connectivity index (χ1v) is 20.0. The van der Waals surface area contributed by atoms with Crippen LogP contribution >= 0.6 is 0 Å². The Kier molecular flexibility index (Phi) is 36.5. The maximum Gasteiger partial charge on any atom is 0.306 e. The lowest BCUT2D eigenvalue weighted by Gasteiger charge is -2.18. The fraction of sp³-hybridized carbons (Fsp3) is 0.791. The molecule has 0 rings (SSSR count). The van der Waals surface area contributed by atoms with Crippen molar-refractivity contribution in [3.05, 3.63) is 48.6 Å². The predicted molar refractivity (Wildman–Crippen MR) is 206 cm³/mol. The summed E-state index contributed by atoms with van der Waals surface area (Å²) in [6.07, 6.45) is 52.8. The average Bonchev–Trinajstić information content (AvgIpc) is 3.04. The summed E-state index contributed by atoms with van der Waals surface area (Å²) < 4.78 is 6.00.